The molecular weight excluding hydrogens is 436 g/mol. The average Bonchev–Trinajstić information content (AvgIpc) is 3.11. The molecule has 0 saturated heterocycles. The Morgan fingerprint density at radius 1 is 1.12 bits per heavy atom. The number of ketones is 1. The van der Waals surface area contributed by atoms with Gasteiger partial charge in [-0.2, -0.15) is 9.99 Å². The van der Waals surface area contributed by atoms with Crippen LogP contribution in [0.4, 0.5) is 0 Å². The lowest BCUT2D eigenvalue weighted by Gasteiger charge is -2.28. The topological polar surface area (TPSA) is 127 Å². The molecule has 0 aromatic carbocycles. The normalized spacial score (nSPS) is 21.3. The van der Waals surface area contributed by atoms with E-state index in [4.69, 9.17) is 15.2 Å². The minimum atomic E-state index is -0.464. The van der Waals surface area contributed by atoms with E-state index in [0.717, 1.165) is 57.8 Å². The molecule has 3 aliphatic carbocycles. The van der Waals surface area contributed by atoms with Crippen LogP contribution in [-0.4, -0.2) is 45.4 Å². The van der Waals surface area contributed by atoms with E-state index in [2.05, 4.69) is 10.4 Å². The molecule has 0 spiro atoms. The molecule has 0 aliphatic heterocycles. The first-order valence-corrected chi connectivity index (χ1v) is 12.2. The van der Waals surface area contributed by atoms with Crippen LogP contribution in [0.25, 0.3) is 5.57 Å². The molecule has 1 heterocycles. The van der Waals surface area contributed by atoms with Crippen molar-refractivity contribution in [3.8, 4) is 5.88 Å². The summed E-state index contributed by atoms with van der Waals surface area (Å²) in [4.78, 5) is 36.8. The third kappa shape index (κ3) is 4.41. The van der Waals surface area contributed by atoms with Gasteiger partial charge in [0.15, 0.2) is 5.76 Å². The van der Waals surface area contributed by atoms with Gasteiger partial charge in [0.2, 0.25) is 11.7 Å². The Balaban J connectivity index is 1.74. The predicted octanol–water partition coefficient (Wildman–Crippen LogP) is 4.06. The van der Waals surface area contributed by atoms with Crippen molar-refractivity contribution in [2.75, 3.05) is 7.11 Å². The van der Waals surface area contributed by atoms with Crippen LogP contribution < -0.4 is 5.32 Å². The summed E-state index contributed by atoms with van der Waals surface area (Å²) in [7, 11) is 1.31. The van der Waals surface area contributed by atoms with Crippen molar-refractivity contribution in [1.29, 1.82) is 5.41 Å². The van der Waals surface area contributed by atoms with Gasteiger partial charge < -0.3 is 20.7 Å². The Hall–Kier alpha value is -2.94. The number of nitrogens with one attached hydrogen (secondary N) is 2. The zero-order valence-electron chi connectivity index (χ0n) is 20.2. The largest absolute Gasteiger partial charge is 0.493 e. The van der Waals surface area contributed by atoms with Gasteiger partial charge in [0.1, 0.15) is 0 Å². The molecule has 0 radical (unpaired) electrons. The van der Waals surface area contributed by atoms with Crippen molar-refractivity contribution >= 4 is 23.0 Å². The quantitative estimate of drug-likeness (QED) is 0.239. The highest BCUT2D eigenvalue weighted by Gasteiger charge is 2.45. The van der Waals surface area contributed by atoms with E-state index < -0.39 is 11.7 Å². The lowest BCUT2D eigenvalue weighted by Crippen LogP contribution is -2.40. The summed E-state index contributed by atoms with van der Waals surface area (Å²) in [6.07, 6.45) is 10.2. The van der Waals surface area contributed by atoms with Crippen LogP contribution in [-0.2, 0) is 19.4 Å². The van der Waals surface area contributed by atoms with E-state index in [0.29, 0.717) is 11.3 Å². The highest BCUT2D eigenvalue weighted by molar-refractivity contribution is 6.43. The van der Waals surface area contributed by atoms with Gasteiger partial charge in [0.05, 0.1) is 41.1 Å². The van der Waals surface area contributed by atoms with Gasteiger partial charge in [-0.25, -0.2) is 4.68 Å². The maximum Gasteiger partial charge on any atom is 0.254 e. The van der Waals surface area contributed by atoms with Gasteiger partial charge in [-0.15, -0.1) is 0 Å². The van der Waals surface area contributed by atoms with Crippen LogP contribution >= 0.6 is 0 Å². The van der Waals surface area contributed by atoms with Crippen LogP contribution in [0.1, 0.15) is 88.4 Å². The van der Waals surface area contributed by atoms with Crippen molar-refractivity contribution < 1.29 is 24.5 Å². The maximum atomic E-state index is 13.4. The number of carbonyl (C=O) groups is 2. The molecule has 9 nitrogen and oxygen atoms in total. The number of carbonyl (C=O) groups excluding carboxylic acids is 2. The standard InChI is InChI=1S/C25H34N4O5/c1-14(26)18(24(31)27-16-10-6-4-7-11-16)20-22(30)21(23(20)34-33-3)19-15(2)28-29(25(19)32)17-12-8-5-9-13-17/h16-17,26,32H,4-13H2,1-3H3,(H,27,31)/b20-18+,26-14?. The molecule has 4 rings (SSSR count). The minimum absolute atomic E-state index is 0.00174. The third-order valence-electron chi connectivity index (χ3n) is 7.10. The highest BCUT2D eigenvalue weighted by Crippen LogP contribution is 2.46. The van der Waals surface area contributed by atoms with E-state index in [1.165, 1.54) is 20.5 Å². The number of nitrogens with zero attached hydrogens (tertiary/aromatic N) is 2. The smallest absolute Gasteiger partial charge is 0.254 e. The van der Waals surface area contributed by atoms with E-state index in [1.54, 1.807) is 11.6 Å². The summed E-state index contributed by atoms with van der Waals surface area (Å²) in [6, 6.07) is 0.112. The lowest BCUT2D eigenvalue weighted by atomic mass is 9.79. The Bertz CT molecular complexity index is 1060. The zero-order valence-corrected chi connectivity index (χ0v) is 20.2. The first-order valence-electron chi connectivity index (χ1n) is 12.2. The molecule has 0 bridgehead atoms. The summed E-state index contributed by atoms with van der Waals surface area (Å²) in [5.74, 6) is -0.954. The number of Topliss-reactive ketones (excluding diaryl/α,β-unsaturated/α-hetero) is 1. The van der Waals surface area contributed by atoms with Crippen LogP contribution in [0.3, 0.4) is 0 Å². The number of aryl methyl sites for hydroxylation is 1. The molecule has 9 heteroatoms. The molecule has 34 heavy (non-hydrogen) atoms. The summed E-state index contributed by atoms with van der Waals surface area (Å²) < 4.78 is 1.61. The number of hydrogen-bond donors (Lipinski definition) is 3. The van der Waals surface area contributed by atoms with Gasteiger partial charge in [0, 0.05) is 11.8 Å². The second-order valence-corrected chi connectivity index (χ2v) is 9.49. The third-order valence-corrected chi connectivity index (χ3v) is 7.10. The molecule has 3 aliphatic rings. The predicted molar refractivity (Wildman–Crippen MR) is 126 cm³/mol. The fraction of sp³-hybridized carbons (Fsp3) is 0.600. The van der Waals surface area contributed by atoms with E-state index >= 15 is 0 Å². The minimum Gasteiger partial charge on any atom is -0.493 e. The number of hydrogen-bond acceptors (Lipinski definition) is 7. The summed E-state index contributed by atoms with van der Waals surface area (Å²) >= 11 is 0. The number of aromatic hydroxyl groups is 1. The Labute approximate surface area is 199 Å². The van der Waals surface area contributed by atoms with Crippen LogP contribution in [0.5, 0.6) is 5.88 Å². The molecule has 2 saturated carbocycles. The molecular formula is C25H34N4O5. The summed E-state index contributed by atoms with van der Waals surface area (Å²) in [5, 5.41) is 26.8. The lowest BCUT2D eigenvalue weighted by molar-refractivity contribution is -0.235. The Morgan fingerprint density at radius 3 is 2.32 bits per heavy atom. The molecule has 0 unspecified atom stereocenters. The van der Waals surface area contributed by atoms with Crippen LogP contribution in [0.15, 0.2) is 16.9 Å². The highest BCUT2D eigenvalue weighted by atomic mass is 17.2. The number of aromatic nitrogens is 2. The molecule has 1 aromatic rings. The SMILES string of the molecule is COOC1=C(c2c(C)nn(C3CCCCC3)c2O)C(=O)/C1=C(/C(C)=N)C(=O)NC1CCCCC1. The molecule has 2 fully saturated rings. The molecule has 0 atom stereocenters. The van der Waals surface area contributed by atoms with E-state index in [-0.39, 0.29) is 46.2 Å². The van der Waals surface area contributed by atoms with E-state index in [9.17, 15) is 14.7 Å². The van der Waals surface area contributed by atoms with Gasteiger partial charge in [-0.05, 0) is 39.5 Å². The van der Waals surface area contributed by atoms with Crippen molar-refractivity contribution in [2.45, 2.75) is 90.1 Å². The Morgan fingerprint density at radius 2 is 1.74 bits per heavy atom. The number of allylic oxidation sites excluding steroid dienone is 2. The maximum absolute atomic E-state index is 13.4. The summed E-state index contributed by atoms with van der Waals surface area (Å²) in [5.41, 5.74) is 0.860. The second kappa shape index (κ2) is 10.1. The van der Waals surface area contributed by atoms with Gasteiger partial charge in [-0.3, -0.25) is 9.59 Å². The molecule has 1 aromatic heterocycles. The van der Waals surface area contributed by atoms with E-state index in [1.807, 2.05) is 0 Å². The molecule has 184 valence electrons. The van der Waals surface area contributed by atoms with Crippen molar-refractivity contribution in [3.05, 3.63) is 28.2 Å². The average molecular weight is 471 g/mol. The molecule has 1 amide bonds. The second-order valence-electron chi connectivity index (χ2n) is 9.49. The fourth-order valence-corrected chi connectivity index (χ4v) is 5.40. The fourth-order valence-electron chi connectivity index (χ4n) is 5.40. The van der Waals surface area contributed by atoms with Gasteiger partial charge in [0.25, 0.3) is 5.91 Å². The monoisotopic (exact) mass is 470 g/mol. The van der Waals surface area contributed by atoms with Crippen molar-refractivity contribution in [2.24, 2.45) is 0 Å². The number of rotatable bonds is 7. The zero-order chi connectivity index (χ0) is 24.4. The molecule has 3 N–H and O–H groups in total. The number of amides is 1. The van der Waals surface area contributed by atoms with Crippen LogP contribution in [0, 0.1) is 12.3 Å². The van der Waals surface area contributed by atoms with Gasteiger partial charge >= 0.3 is 0 Å². The van der Waals surface area contributed by atoms with Crippen molar-refractivity contribution in [3.63, 3.8) is 0 Å². The first kappa shape index (κ1) is 24.2. The van der Waals surface area contributed by atoms with Crippen LogP contribution in [0.2, 0.25) is 0 Å². The van der Waals surface area contributed by atoms with Crippen molar-refractivity contribution in [1.82, 2.24) is 15.1 Å². The Kier molecular flexibility index (Phi) is 7.21. The van der Waals surface area contributed by atoms with Gasteiger partial charge in [-0.1, -0.05) is 38.5 Å². The first-order chi connectivity index (χ1) is 16.3. The summed E-state index contributed by atoms with van der Waals surface area (Å²) in [6.45, 7) is 3.21.